The van der Waals surface area contributed by atoms with Gasteiger partial charge in [0.15, 0.2) is 6.29 Å². The maximum absolute atomic E-state index is 12.9. The molecule has 0 radical (unpaired) electrons. The van der Waals surface area contributed by atoms with Crippen LogP contribution >= 0.6 is 11.8 Å². The van der Waals surface area contributed by atoms with Crippen LogP contribution in [-0.4, -0.2) is 44.8 Å². The Morgan fingerprint density at radius 3 is 2.08 bits per heavy atom. The van der Waals surface area contributed by atoms with Gasteiger partial charge in [-0.25, -0.2) is 4.79 Å². The monoisotopic (exact) mass is 685 g/mol. The Kier molecular flexibility index (Phi) is 9.65. The fourth-order valence-corrected chi connectivity index (χ4v) is 7.71. The smallest absolute Gasteiger partial charge is 0.336 e. The lowest BCUT2D eigenvalue weighted by molar-refractivity contribution is -0.268. The van der Waals surface area contributed by atoms with Crippen LogP contribution in [0.2, 0.25) is 0 Å². The molecule has 2 amide bonds. The van der Waals surface area contributed by atoms with E-state index < -0.39 is 12.3 Å². The number of rotatable bonds is 10. The van der Waals surface area contributed by atoms with E-state index in [9.17, 15) is 24.6 Å². The molecule has 50 heavy (non-hydrogen) atoms. The normalized spacial score (nSPS) is 20.2. The van der Waals surface area contributed by atoms with E-state index >= 15 is 0 Å². The van der Waals surface area contributed by atoms with Gasteiger partial charge in [0, 0.05) is 22.1 Å². The van der Waals surface area contributed by atoms with Crippen molar-refractivity contribution in [3.05, 3.63) is 160 Å². The van der Waals surface area contributed by atoms with Crippen molar-refractivity contribution in [3.63, 3.8) is 0 Å². The van der Waals surface area contributed by atoms with Gasteiger partial charge in [-0.15, -0.1) is 11.8 Å². The van der Waals surface area contributed by atoms with E-state index in [1.807, 2.05) is 84.9 Å². The molecule has 0 saturated carbocycles. The molecule has 1 saturated heterocycles. The molecule has 5 aromatic rings. The molecule has 1 fully saturated rings. The number of carbonyl (C=O) groups excluding carboxylic acids is 2. The second-order valence-electron chi connectivity index (χ2n) is 12.5. The number of aromatic carboxylic acids is 1. The number of hydrogen-bond donors (Lipinski definition) is 2. The van der Waals surface area contributed by atoms with E-state index in [2.05, 4.69) is 6.92 Å². The highest BCUT2D eigenvalue weighted by molar-refractivity contribution is 7.99. The summed E-state index contributed by atoms with van der Waals surface area (Å²) in [6.07, 6.45) is -1.25. The van der Waals surface area contributed by atoms with Crippen LogP contribution in [0.4, 0.5) is 0 Å². The highest BCUT2D eigenvalue weighted by Crippen LogP contribution is 2.43. The number of imide groups is 1. The van der Waals surface area contributed by atoms with Gasteiger partial charge in [-0.1, -0.05) is 97.9 Å². The predicted octanol–water partition coefficient (Wildman–Crippen LogP) is 7.92. The number of ether oxygens (including phenoxy) is 2. The number of carboxylic acid groups (broad SMARTS) is 1. The van der Waals surface area contributed by atoms with Crippen molar-refractivity contribution in [2.24, 2.45) is 5.92 Å². The first-order valence-corrected chi connectivity index (χ1v) is 17.4. The Hall–Kier alpha value is -5.06. The van der Waals surface area contributed by atoms with E-state index in [-0.39, 0.29) is 48.7 Å². The number of carboxylic acids is 1. The minimum absolute atomic E-state index is 0.0482. The van der Waals surface area contributed by atoms with E-state index in [1.54, 1.807) is 36.4 Å². The standard InChI is InChI=1S/C41H35NO7S/c1-25-35(24-50-36-12-5-4-11-34(36)40(46)47)48-41(49-37(25)29-15-13-26(23-43)14-16-29)30-19-17-28(18-20-30)31-8-6-7-27(21-31)22-42-38(44)32-9-2-3-10-33(32)39(42)45/h2-21,25,35,37,41,43H,22-24H2,1H3,(H,46,47)/t25-,35+,37+,41+/m1/s1. The molecule has 2 heterocycles. The van der Waals surface area contributed by atoms with Crippen molar-refractivity contribution >= 4 is 29.5 Å². The zero-order valence-corrected chi connectivity index (χ0v) is 28.1. The maximum atomic E-state index is 12.9. The number of aliphatic hydroxyl groups excluding tert-OH is 1. The predicted molar refractivity (Wildman–Crippen MR) is 190 cm³/mol. The number of fused-ring (bicyclic) bond motifs is 1. The number of benzene rings is 5. The summed E-state index contributed by atoms with van der Waals surface area (Å²) in [6, 6.07) is 37.3. The summed E-state index contributed by atoms with van der Waals surface area (Å²) in [7, 11) is 0. The van der Waals surface area contributed by atoms with Crippen LogP contribution in [0.1, 0.15) is 72.6 Å². The molecule has 8 nitrogen and oxygen atoms in total. The lowest BCUT2D eigenvalue weighted by atomic mass is 9.91. The Labute approximate surface area is 294 Å². The fourth-order valence-electron chi connectivity index (χ4n) is 6.50. The Bertz CT molecular complexity index is 2010. The minimum atomic E-state index is -0.969. The van der Waals surface area contributed by atoms with Gasteiger partial charge in [-0.05, 0) is 58.1 Å². The number of thioether (sulfide) groups is 1. The number of aliphatic hydroxyl groups is 1. The second kappa shape index (κ2) is 14.4. The molecule has 252 valence electrons. The molecular formula is C41H35NO7S. The number of hydrogen-bond acceptors (Lipinski definition) is 7. The topological polar surface area (TPSA) is 113 Å². The van der Waals surface area contributed by atoms with Crippen LogP contribution < -0.4 is 0 Å². The summed E-state index contributed by atoms with van der Waals surface area (Å²) < 4.78 is 13.2. The fraction of sp³-hybridized carbons (Fsp3) is 0.195. The Morgan fingerprint density at radius 1 is 0.740 bits per heavy atom. The molecule has 7 rings (SSSR count). The first-order valence-electron chi connectivity index (χ1n) is 16.4. The van der Waals surface area contributed by atoms with Gasteiger partial charge < -0.3 is 19.7 Å². The molecule has 2 aliphatic rings. The summed E-state index contributed by atoms with van der Waals surface area (Å²) in [4.78, 5) is 39.7. The molecule has 4 atom stereocenters. The van der Waals surface area contributed by atoms with Crippen LogP contribution in [0.15, 0.2) is 126 Å². The minimum Gasteiger partial charge on any atom is -0.478 e. The zero-order chi connectivity index (χ0) is 34.8. The summed E-state index contributed by atoms with van der Waals surface area (Å²) in [5.74, 6) is -1.07. The molecule has 0 unspecified atom stereocenters. The largest absolute Gasteiger partial charge is 0.478 e. The van der Waals surface area contributed by atoms with Crippen molar-refractivity contribution < 1.29 is 34.1 Å². The average Bonchev–Trinajstić information content (AvgIpc) is 3.39. The summed E-state index contributed by atoms with van der Waals surface area (Å²) >= 11 is 1.46. The van der Waals surface area contributed by atoms with Gasteiger partial charge in [0.2, 0.25) is 0 Å². The average molecular weight is 686 g/mol. The summed E-state index contributed by atoms with van der Waals surface area (Å²) in [5.41, 5.74) is 6.47. The zero-order valence-electron chi connectivity index (χ0n) is 27.3. The molecule has 2 aliphatic heterocycles. The van der Waals surface area contributed by atoms with Crippen LogP contribution in [0, 0.1) is 5.92 Å². The van der Waals surface area contributed by atoms with E-state index in [1.165, 1.54) is 16.7 Å². The second-order valence-corrected chi connectivity index (χ2v) is 13.6. The lowest BCUT2D eigenvalue weighted by Gasteiger charge is -2.41. The van der Waals surface area contributed by atoms with Gasteiger partial charge in [0.25, 0.3) is 11.8 Å². The van der Waals surface area contributed by atoms with Gasteiger partial charge in [0.05, 0.1) is 42.0 Å². The Balaban J connectivity index is 1.11. The third-order valence-corrected chi connectivity index (χ3v) is 10.5. The third-order valence-electron chi connectivity index (χ3n) is 9.31. The summed E-state index contributed by atoms with van der Waals surface area (Å²) in [5, 5.41) is 19.3. The van der Waals surface area contributed by atoms with Crippen molar-refractivity contribution in [3.8, 4) is 11.1 Å². The lowest BCUT2D eigenvalue weighted by Crippen LogP contribution is -2.38. The van der Waals surface area contributed by atoms with E-state index in [4.69, 9.17) is 9.47 Å². The van der Waals surface area contributed by atoms with Crippen LogP contribution in [0.5, 0.6) is 0 Å². The van der Waals surface area contributed by atoms with Crippen molar-refractivity contribution in [2.45, 2.75) is 43.5 Å². The molecule has 0 bridgehead atoms. The number of carbonyl (C=O) groups is 3. The van der Waals surface area contributed by atoms with Crippen LogP contribution in [0.3, 0.4) is 0 Å². The molecule has 0 aliphatic carbocycles. The first kappa shape index (κ1) is 33.4. The number of amides is 2. The molecule has 2 N–H and O–H groups in total. The van der Waals surface area contributed by atoms with Crippen LogP contribution in [0.25, 0.3) is 11.1 Å². The van der Waals surface area contributed by atoms with E-state index in [0.717, 1.165) is 33.4 Å². The third kappa shape index (κ3) is 6.73. The van der Waals surface area contributed by atoms with E-state index in [0.29, 0.717) is 21.8 Å². The van der Waals surface area contributed by atoms with Gasteiger partial charge >= 0.3 is 5.97 Å². The maximum Gasteiger partial charge on any atom is 0.336 e. The van der Waals surface area contributed by atoms with Crippen molar-refractivity contribution in [2.75, 3.05) is 5.75 Å². The Morgan fingerprint density at radius 2 is 1.40 bits per heavy atom. The number of nitrogens with zero attached hydrogens (tertiary/aromatic N) is 1. The molecule has 0 aromatic heterocycles. The highest BCUT2D eigenvalue weighted by atomic mass is 32.2. The quantitative estimate of drug-likeness (QED) is 0.113. The highest BCUT2D eigenvalue weighted by Gasteiger charge is 2.39. The van der Waals surface area contributed by atoms with Gasteiger partial charge in [-0.3, -0.25) is 14.5 Å². The SMILES string of the molecule is C[C@@H]1[C@H](CSc2ccccc2C(=O)O)O[C@H](c2ccc(-c3cccc(CN4C(=O)c5ccccc5C4=O)c3)cc2)O[C@@H]1c1ccc(CO)cc1. The molecule has 9 heteroatoms. The van der Waals surface area contributed by atoms with Crippen molar-refractivity contribution in [1.29, 1.82) is 0 Å². The van der Waals surface area contributed by atoms with Gasteiger partial charge in [0.1, 0.15) is 0 Å². The first-order chi connectivity index (χ1) is 24.3. The van der Waals surface area contributed by atoms with Crippen LogP contribution in [-0.2, 0) is 22.6 Å². The molecule has 5 aromatic carbocycles. The molecule has 0 spiro atoms. The van der Waals surface area contributed by atoms with Crippen molar-refractivity contribution in [1.82, 2.24) is 4.90 Å². The summed E-state index contributed by atoms with van der Waals surface area (Å²) in [6.45, 7) is 2.21. The van der Waals surface area contributed by atoms with Gasteiger partial charge in [-0.2, -0.15) is 0 Å². The molecular weight excluding hydrogens is 651 g/mol.